The van der Waals surface area contributed by atoms with Gasteiger partial charge in [-0.25, -0.2) is 0 Å². The predicted octanol–water partition coefficient (Wildman–Crippen LogP) is 2.35. The molecule has 1 aliphatic heterocycles. The molecule has 0 radical (unpaired) electrons. The summed E-state index contributed by atoms with van der Waals surface area (Å²) in [5.74, 6) is 2.64. The molecule has 2 fully saturated rings. The van der Waals surface area contributed by atoms with Crippen molar-refractivity contribution in [1.82, 2.24) is 10.2 Å². The molecule has 16 heavy (non-hydrogen) atoms. The highest BCUT2D eigenvalue weighted by Crippen LogP contribution is 2.28. The first-order valence-electron chi connectivity index (χ1n) is 7.09. The third-order valence-electron chi connectivity index (χ3n) is 4.83. The molecule has 2 aliphatic rings. The molecule has 94 valence electrons. The quantitative estimate of drug-likeness (QED) is 0.791. The van der Waals surface area contributed by atoms with Crippen LogP contribution >= 0.6 is 0 Å². The van der Waals surface area contributed by atoms with Gasteiger partial charge in [0.25, 0.3) is 0 Å². The lowest BCUT2D eigenvalue weighted by atomic mass is 9.84. The first-order valence-corrected chi connectivity index (χ1v) is 7.09. The number of hydrogen-bond donors (Lipinski definition) is 1. The van der Waals surface area contributed by atoms with Crippen molar-refractivity contribution < 1.29 is 0 Å². The average Bonchev–Trinajstić information content (AvgIpc) is 2.65. The summed E-state index contributed by atoms with van der Waals surface area (Å²) in [5, 5.41) is 3.51. The second-order valence-electron chi connectivity index (χ2n) is 6.16. The summed E-state index contributed by atoms with van der Waals surface area (Å²) in [6, 6.07) is 0.849. The summed E-state index contributed by atoms with van der Waals surface area (Å²) < 4.78 is 0. The zero-order chi connectivity index (χ0) is 11.5. The molecule has 0 aromatic carbocycles. The molecule has 4 atom stereocenters. The SMILES string of the molecule is CC1CNCC1CN(C)C1CCCCC1C. The van der Waals surface area contributed by atoms with E-state index in [0.717, 1.165) is 23.8 Å². The van der Waals surface area contributed by atoms with E-state index in [1.165, 1.54) is 45.3 Å². The number of nitrogens with one attached hydrogen (secondary N) is 1. The molecular formula is C14H28N2. The molecule has 0 aromatic rings. The van der Waals surface area contributed by atoms with Crippen LogP contribution in [0.4, 0.5) is 0 Å². The lowest BCUT2D eigenvalue weighted by Crippen LogP contribution is -2.42. The topological polar surface area (TPSA) is 15.3 Å². The van der Waals surface area contributed by atoms with Crippen molar-refractivity contribution in [3.8, 4) is 0 Å². The molecule has 4 unspecified atom stereocenters. The van der Waals surface area contributed by atoms with Crippen molar-refractivity contribution in [2.75, 3.05) is 26.7 Å². The van der Waals surface area contributed by atoms with Crippen LogP contribution in [0.2, 0.25) is 0 Å². The van der Waals surface area contributed by atoms with Crippen LogP contribution in [-0.4, -0.2) is 37.6 Å². The molecule has 1 saturated heterocycles. The van der Waals surface area contributed by atoms with Gasteiger partial charge in [-0.15, -0.1) is 0 Å². The van der Waals surface area contributed by atoms with Crippen LogP contribution in [0, 0.1) is 17.8 Å². The van der Waals surface area contributed by atoms with E-state index in [4.69, 9.17) is 0 Å². The van der Waals surface area contributed by atoms with Crippen molar-refractivity contribution in [3.63, 3.8) is 0 Å². The fraction of sp³-hybridized carbons (Fsp3) is 1.00. The van der Waals surface area contributed by atoms with Crippen LogP contribution in [0.5, 0.6) is 0 Å². The maximum atomic E-state index is 3.51. The minimum Gasteiger partial charge on any atom is -0.316 e. The van der Waals surface area contributed by atoms with E-state index in [-0.39, 0.29) is 0 Å². The highest BCUT2D eigenvalue weighted by atomic mass is 15.1. The Morgan fingerprint density at radius 1 is 1.06 bits per heavy atom. The van der Waals surface area contributed by atoms with Crippen LogP contribution < -0.4 is 5.32 Å². The third kappa shape index (κ3) is 2.78. The zero-order valence-electron chi connectivity index (χ0n) is 11.2. The minimum absolute atomic E-state index is 0.849. The van der Waals surface area contributed by atoms with Crippen LogP contribution in [0.3, 0.4) is 0 Å². The molecule has 0 spiro atoms. The Kier molecular flexibility index (Phi) is 4.26. The van der Waals surface area contributed by atoms with Crippen molar-refractivity contribution in [2.24, 2.45) is 17.8 Å². The van der Waals surface area contributed by atoms with E-state index in [1.807, 2.05) is 0 Å². The molecular weight excluding hydrogens is 196 g/mol. The maximum Gasteiger partial charge on any atom is 0.0118 e. The summed E-state index contributed by atoms with van der Waals surface area (Å²) in [6.45, 7) is 8.58. The number of hydrogen-bond acceptors (Lipinski definition) is 2. The molecule has 1 heterocycles. The van der Waals surface area contributed by atoms with Gasteiger partial charge in [0, 0.05) is 12.6 Å². The second kappa shape index (κ2) is 5.50. The summed E-state index contributed by atoms with van der Waals surface area (Å²) >= 11 is 0. The molecule has 1 saturated carbocycles. The first-order chi connectivity index (χ1) is 7.68. The highest BCUT2D eigenvalue weighted by molar-refractivity contribution is 4.84. The molecule has 0 bridgehead atoms. The van der Waals surface area contributed by atoms with E-state index < -0.39 is 0 Å². The smallest absolute Gasteiger partial charge is 0.0118 e. The van der Waals surface area contributed by atoms with E-state index >= 15 is 0 Å². The van der Waals surface area contributed by atoms with Crippen molar-refractivity contribution >= 4 is 0 Å². The Labute approximate surface area is 101 Å². The summed E-state index contributed by atoms with van der Waals surface area (Å²) in [4.78, 5) is 2.65. The van der Waals surface area contributed by atoms with Crippen molar-refractivity contribution in [2.45, 2.75) is 45.6 Å². The zero-order valence-corrected chi connectivity index (χ0v) is 11.2. The normalized spacial score (nSPS) is 40.5. The van der Waals surface area contributed by atoms with Crippen molar-refractivity contribution in [3.05, 3.63) is 0 Å². The second-order valence-corrected chi connectivity index (χ2v) is 6.16. The summed E-state index contributed by atoms with van der Waals surface area (Å²) in [5.41, 5.74) is 0. The molecule has 2 heteroatoms. The molecule has 0 aromatic heterocycles. The molecule has 1 aliphatic carbocycles. The number of rotatable bonds is 3. The fourth-order valence-electron chi connectivity index (χ4n) is 3.57. The van der Waals surface area contributed by atoms with E-state index in [0.29, 0.717) is 0 Å². The van der Waals surface area contributed by atoms with E-state index in [9.17, 15) is 0 Å². The molecule has 2 rings (SSSR count). The van der Waals surface area contributed by atoms with Gasteiger partial charge >= 0.3 is 0 Å². The molecule has 0 amide bonds. The molecule has 2 nitrogen and oxygen atoms in total. The Morgan fingerprint density at radius 3 is 2.44 bits per heavy atom. The summed E-state index contributed by atoms with van der Waals surface area (Å²) in [6.07, 6.45) is 5.75. The fourth-order valence-corrected chi connectivity index (χ4v) is 3.57. The van der Waals surface area contributed by atoms with Gasteiger partial charge in [0.2, 0.25) is 0 Å². The average molecular weight is 224 g/mol. The monoisotopic (exact) mass is 224 g/mol. The van der Waals surface area contributed by atoms with Gasteiger partial charge < -0.3 is 10.2 Å². The van der Waals surface area contributed by atoms with Gasteiger partial charge in [0.05, 0.1) is 0 Å². The van der Waals surface area contributed by atoms with E-state index in [2.05, 4.69) is 31.1 Å². The van der Waals surface area contributed by atoms with Crippen LogP contribution in [-0.2, 0) is 0 Å². The van der Waals surface area contributed by atoms with E-state index in [1.54, 1.807) is 0 Å². The third-order valence-corrected chi connectivity index (χ3v) is 4.83. The first kappa shape index (κ1) is 12.4. The van der Waals surface area contributed by atoms with Crippen LogP contribution in [0.1, 0.15) is 39.5 Å². The lowest BCUT2D eigenvalue weighted by Gasteiger charge is -2.38. The number of nitrogens with zero attached hydrogens (tertiary/aromatic N) is 1. The van der Waals surface area contributed by atoms with Crippen LogP contribution in [0.25, 0.3) is 0 Å². The van der Waals surface area contributed by atoms with Gasteiger partial charge in [-0.3, -0.25) is 0 Å². The largest absolute Gasteiger partial charge is 0.316 e. The Hall–Kier alpha value is -0.0800. The Bertz CT molecular complexity index is 217. The van der Waals surface area contributed by atoms with Gasteiger partial charge in [0.1, 0.15) is 0 Å². The van der Waals surface area contributed by atoms with Gasteiger partial charge in [-0.2, -0.15) is 0 Å². The maximum absolute atomic E-state index is 3.51. The lowest BCUT2D eigenvalue weighted by molar-refractivity contribution is 0.117. The minimum atomic E-state index is 0.849. The van der Waals surface area contributed by atoms with Gasteiger partial charge in [-0.05, 0) is 50.7 Å². The predicted molar refractivity (Wildman–Crippen MR) is 69.6 cm³/mol. The Balaban J connectivity index is 1.84. The van der Waals surface area contributed by atoms with Gasteiger partial charge in [-0.1, -0.05) is 26.7 Å². The molecule has 1 N–H and O–H groups in total. The Morgan fingerprint density at radius 2 is 1.81 bits per heavy atom. The van der Waals surface area contributed by atoms with Crippen LogP contribution in [0.15, 0.2) is 0 Å². The highest BCUT2D eigenvalue weighted by Gasteiger charge is 2.29. The summed E-state index contributed by atoms with van der Waals surface area (Å²) in [7, 11) is 2.34. The van der Waals surface area contributed by atoms with Crippen molar-refractivity contribution in [1.29, 1.82) is 0 Å². The van der Waals surface area contributed by atoms with Gasteiger partial charge in [0.15, 0.2) is 0 Å². The standard InChI is InChI=1S/C14H28N2/c1-11-6-4-5-7-14(11)16(3)10-13-9-15-8-12(13)2/h11-15H,4-10H2,1-3H3.